The van der Waals surface area contributed by atoms with Gasteiger partial charge in [-0.15, -0.1) is 11.8 Å². The van der Waals surface area contributed by atoms with Crippen molar-refractivity contribution in [2.24, 2.45) is 5.41 Å². The molecule has 0 radical (unpaired) electrons. The van der Waals surface area contributed by atoms with Gasteiger partial charge in [0.25, 0.3) is 0 Å². The maximum Gasteiger partial charge on any atom is 0.407 e. The van der Waals surface area contributed by atoms with Crippen LogP contribution in [0.15, 0.2) is 53.6 Å². The highest BCUT2D eigenvalue weighted by atomic mass is 35.5. The molecule has 0 saturated carbocycles. The van der Waals surface area contributed by atoms with Gasteiger partial charge in [-0.1, -0.05) is 39.2 Å². The van der Waals surface area contributed by atoms with Crippen LogP contribution in [0.1, 0.15) is 59.6 Å². The van der Waals surface area contributed by atoms with Crippen LogP contribution in [0.4, 0.5) is 14.9 Å². The fourth-order valence-electron chi connectivity index (χ4n) is 3.29. The lowest BCUT2D eigenvalue weighted by molar-refractivity contribution is -0.124. The first kappa shape index (κ1) is 34.3. The second kappa shape index (κ2) is 14.3. The zero-order chi connectivity index (χ0) is 31.1. The van der Waals surface area contributed by atoms with E-state index in [4.69, 9.17) is 21.1 Å². The number of hydrogen-bond acceptors (Lipinski definition) is 6. The number of thioether (sulfide) groups is 1. The van der Waals surface area contributed by atoms with Crippen LogP contribution in [0.2, 0.25) is 5.02 Å². The normalized spacial score (nSPS) is 12.2. The topological polar surface area (TPSA) is 84.9 Å². The van der Waals surface area contributed by atoms with E-state index in [1.54, 1.807) is 65.8 Å². The molecule has 2 aromatic rings. The van der Waals surface area contributed by atoms with E-state index in [1.807, 2.05) is 0 Å². The summed E-state index contributed by atoms with van der Waals surface area (Å²) in [6.45, 7) is 15.9. The van der Waals surface area contributed by atoms with Crippen LogP contribution in [0.3, 0.4) is 0 Å². The predicted molar refractivity (Wildman–Crippen MR) is 167 cm³/mol. The Bertz CT molecular complexity index is 1310. The van der Waals surface area contributed by atoms with Gasteiger partial charge in [0.05, 0.1) is 23.2 Å². The standard InChI is InChI=1S/C30H37ClFN2O5PS/c1-18(33-28(37)39-29(4,5)6)16-41-26-14-24(32)23(27(40)38-20(3)30(7,8)19(2)36)13-25(26)34(17-35)15-21-9-11-22(31)12-10-21/h9-14,17-18,40H,3,15-16H2,1-2,4-8H3,(H,33,37)/t18-/m1/s1. The Morgan fingerprint density at radius 3 is 2.34 bits per heavy atom. The number of benzene rings is 2. The fourth-order valence-corrected chi connectivity index (χ4v) is 4.76. The van der Waals surface area contributed by atoms with E-state index in [0.717, 1.165) is 5.56 Å². The molecule has 0 bridgehead atoms. The number of rotatable bonds is 13. The summed E-state index contributed by atoms with van der Waals surface area (Å²) >= 11 is 7.28. The van der Waals surface area contributed by atoms with Crippen molar-refractivity contribution in [2.75, 3.05) is 10.7 Å². The van der Waals surface area contributed by atoms with Crippen molar-refractivity contribution in [3.8, 4) is 0 Å². The van der Waals surface area contributed by atoms with Crippen LogP contribution < -0.4 is 10.2 Å². The summed E-state index contributed by atoms with van der Waals surface area (Å²) in [5, 5.41) is 3.32. The summed E-state index contributed by atoms with van der Waals surface area (Å²) in [5.41, 5.74) is -0.406. The van der Waals surface area contributed by atoms with Crippen molar-refractivity contribution in [3.05, 3.63) is 70.7 Å². The quantitative estimate of drug-likeness (QED) is 0.108. The van der Waals surface area contributed by atoms with Crippen LogP contribution in [0, 0.1) is 11.2 Å². The number of anilines is 1. The van der Waals surface area contributed by atoms with Crippen molar-refractivity contribution < 1.29 is 28.2 Å². The summed E-state index contributed by atoms with van der Waals surface area (Å²) < 4.78 is 26.6. The van der Waals surface area contributed by atoms with E-state index < -0.39 is 22.9 Å². The highest BCUT2D eigenvalue weighted by Gasteiger charge is 2.30. The third-order valence-electron chi connectivity index (χ3n) is 6.05. The van der Waals surface area contributed by atoms with E-state index in [-0.39, 0.29) is 35.2 Å². The molecule has 41 heavy (non-hydrogen) atoms. The Balaban J connectivity index is 2.41. The number of hydrogen-bond donors (Lipinski definition) is 1. The number of allylic oxidation sites excluding steroid dienone is 1. The molecule has 0 saturated heterocycles. The zero-order valence-electron chi connectivity index (χ0n) is 24.4. The molecule has 0 aliphatic rings. The molecule has 2 aromatic carbocycles. The van der Waals surface area contributed by atoms with E-state index in [0.29, 0.717) is 27.8 Å². The largest absolute Gasteiger partial charge is 0.456 e. The third-order valence-corrected chi connectivity index (χ3v) is 7.98. The number of nitrogens with one attached hydrogen (secondary N) is 1. The average molecular weight is 623 g/mol. The summed E-state index contributed by atoms with van der Waals surface area (Å²) in [6, 6.07) is 9.49. The van der Waals surface area contributed by atoms with Crippen LogP contribution in [0.5, 0.6) is 0 Å². The summed E-state index contributed by atoms with van der Waals surface area (Å²) in [6.07, 6.45) is 0.0954. The maximum absolute atomic E-state index is 15.5. The summed E-state index contributed by atoms with van der Waals surface area (Å²) in [4.78, 5) is 38.5. The third kappa shape index (κ3) is 10.2. The zero-order valence-corrected chi connectivity index (χ0v) is 27.0. The number of amides is 2. The molecule has 0 heterocycles. The average Bonchev–Trinajstić information content (AvgIpc) is 2.85. The fraction of sp³-hybridized carbons (Fsp3) is 0.400. The lowest BCUT2D eigenvalue weighted by Gasteiger charge is -2.26. The molecule has 0 spiro atoms. The molecule has 7 nitrogen and oxygen atoms in total. The first-order chi connectivity index (χ1) is 18.9. The summed E-state index contributed by atoms with van der Waals surface area (Å²) in [5.74, 6) is -0.299. The Morgan fingerprint density at radius 2 is 1.80 bits per heavy atom. The molecule has 0 aromatic heterocycles. The van der Waals surface area contributed by atoms with Gasteiger partial charge in [0.15, 0.2) is 5.48 Å². The molecule has 222 valence electrons. The molecule has 11 heteroatoms. The molecule has 0 fully saturated rings. The van der Waals surface area contributed by atoms with Gasteiger partial charge in [0, 0.05) is 21.7 Å². The number of ether oxygens (including phenoxy) is 2. The van der Waals surface area contributed by atoms with Crippen LogP contribution in [0.25, 0.3) is 0 Å². The van der Waals surface area contributed by atoms with Gasteiger partial charge in [-0.05, 0) is 78.3 Å². The number of Topliss-reactive ketones (excluding diaryl/α,β-unsaturated/α-hetero) is 1. The lowest BCUT2D eigenvalue weighted by Crippen LogP contribution is -2.38. The van der Waals surface area contributed by atoms with Gasteiger partial charge in [-0.25, -0.2) is 9.18 Å². The first-order valence-corrected chi connectivity index (χ1v) is 14.7. The van der Waals surface area contributed by atoms with Gasteiger partial charge >= 0.3 is 6.09 Å². The minimum Gasteiger partial charge on any atom is -0.456 e. The highest BCUT2D eigenvalue weighted by Crippen LogP contribution is 2.35. The molecular weight excluding hydrogens is 586 g/mol. The predicted octanol–water partition coefficient (Wildman–Crippen LogP) is 7.41. The van der Waals surface area contributed by atoms with E-state index in [1.165, 1.54) is 35.7 Å². The SMILES string of the molecule is C=C(OC(=P)c1cc(N(C=O)Cc2ccc(Cl)cc2)c(SC[C@@H](C)NC(=O)OC(C)(C)C)cc1F)C(C)(C)C(C)=O. The second-order valence-corrected chi connectivity index (χ2v) is 13.0. The van der Waals surface area contributed by atoms with Crippen LogP contribution in [-0.2, 0) is 25.6 Å². The maximum atomic E-state index is 15.5. The Kier molecular flexibility index (Phi) is 12.0. The van der Waals surface area contributed by atoms with Crippen molar-refractivity contribution in [3.63, 3.8) is 0 Å². The number of alkyl carbamates (subject to hydrolysis) is 1. The Labute approximate surface area is 253 Å². The van der Waals surface area contributed by atoms with Crippen LogP contribution >= 0.6 is 32.2 Å². The number of halogens is 2. The van der Waals surface area contributed by atoms with Gasteiger partial charge < -0.3 is 19.7 Å². The molecule has 2 amide bonds. The molecular formula is C30H37ClFN2O5PS. The number of ketones is 1. The van der Waals surface area contributed by atoms with Crippen LogP contribution in [-0.4, -0.2) is 41.2 Å². The second-order valence-electron chi connectivity index (χ2n) is 11.1. The molecule has 1 N–H and O–H groups in total. The highest BCUT2D eigenvalue weighted by molar-refractivity contribution is 7.99. The lowest BCUT2D eigenvalue weighted by atomic mass is 9.87. The van der Waals surface area contributed by atoms with Gasteiger partial charge in [0.2, 0.25) is 6.41 Å². The molecule has 0 aliphatic carbocycles. The Morgan fingerprint density at radius 1 is 1.20 bits per heavy atom. The van der Waals surface area contributed by atoms with E-state index in [2.05, 4.69) is 20.8 Å². The Hall–Kier alpha value is -2.87. The smallest absolute Gasteiger partial charge is 0.407 e. The van der Waals surface area contributed by atoms with Crippen molar-refractivity contribution >= 4 is 61.7 Å². The summed E-state index contributed by atoms with van der Waals surface area (Å²) in [7, 11) is 3.35. The van der Waals surface area contributed by atoms with E-state index >= 15 is 4.39 Å². The van der Waals surface area contributed by atoms with Crippen molar-refractivity contribution in [1.82, 2.24) is 5.32 Å². The molecule has 0 unspecified atom stereocenters. The number of carbonyl (C=O) groups is 3. The molecule has 1 atom stereocenters. The molecule has 0 aliphatic heterocycles. The van der Waals surface area contributed by atoms with Gasteiger partial charge in [-0.3, -0.25) is 9.59 Å². The molecule has 2 rings (SSSR count). The van der Waals surface area contributed by atoms with Gasteiger partial charge in [-0.2, -0.15) is 0 Å². The number of carbonyl (C=O) groups excluding carboxylic acids is 3. The van der Waals surface area contributed by atoms with Crippen molar-refractivity contribution in [2.45, 2.75) is 71.5 Å². The number of nitrogens with zero attached hydrogens (tertiary/aromatic N) is 1. The first-order valence-electron chi connectivity index (χ1n) is 12.8. The monoisotopic (exact) mass is 622 g/mol. The minimum absolute atomic E-state index is 0.00285. The van der Waals surface area contributed by atoms with E-state index in [9.17, 15) is 14.4 Å². The minimum atomic E-state index is -1.01. The van der Waals surface area contributed by atoms with Crippen molar-refractivity contribution in [1.29, 1.82) is 0 Å². The van der Waals surface area contributed by atoms with Gasteiger partial charge in [0.1, 0.15) is 23.0 Å².